The van der Waals surface area contributed by atoms with Gasteiger partial charge in [0.1, 0.15) is 42.0 Å². The van der Waals surface area contributed by atoms with Gasteiger partial charge >= 0.3 is 0 Å². The third-order valence-corrected chi connectivity index (χ3v) is 5.55. The zero-order chi connectivity index (χ0) is 21.8. The van der Waals surface area contributed by atoms with Crippen LogP contribution in [0.25, 0.3) is 0 Å². The van der Waals surface area contributed by atoms with E-state index in [0.29, 0.717) is 29.4 Å². The van der Waals surface area contributed by atoms with E-state index >= 15 is 0 Å². The second-order valence-corrected chi connectivity index (χ2v) is 7.60. The van der Waals surface area contributed by atoms with Crippen molar-refractivity contribution in [2.75, 3.05) is 20.3 Å². The van der Waals surface area contributed by atoms with Crippen LogP contribution in [0.5, 0.6) is 11.5 Å². The summed E-state index contributed by atoms with van der Waals surface area (Å²) in [6.07, 6.45) is -5.52. The molecular formula is C22H27ClO7. The van der Waals surface area contributed by atoms with E-state index in [4.69, 9.17) is 25.8 Å². The van der Waals surface area contributed by atoms with Crippen molar-refractivity contribution >= 4 is 11.6 Å². The van der Waals surface area contributed by atoms with E-state index < -0.39 is 37.1 Å². The Kier molecular flexibility index (Phi) is 7.57. The van der Waals surface area contributed by atoms with E-state index in [1.54, 1.807) is 12.1 Å². The molecular weight excluding hydrogens is 412 g/mol. The molecule has 0 spiro atoms. The minimum Gasteiger partial charge on any atom is -0.496 e. The number of ether oxygens (including phenoxy) is 3. The summed E-state index contributed by atoms with van der Waals surface area (Å²) in [4.78, 5) is 0. The summed E-state index contributed by atoms with van der Waals surface area (Å²) in [5.41, 5.74) is 2.30. The Morgan fingerprint density at radius 3 is 2.43 bits per heavy atom. The largest absolute Gasteiger partial charge is 0.496 e. The third-order valence-electron chi connectivity index (χ3n) is 5.20. The van der Waals surface area contributed by atoms with E-state index in [1.165, 1.54) is 7.11 Å². The van der Waals surface area contributed by atoms with Crippen molar-refractivity contribution in [2.24, 2.45) is 0 Å². The van der Waals surface area contributed by atoms with Crippen LogP contribution < -0.4 is 9.47 Å². The highest BCUT2D eigenvalue weighted by molar-refractivity contribution is 6.31. The van der Waals surface area contributed by atoms with Crippen LogP contribution >= 0.6 is 11.6 Å². The van der Waals surface area contributed by atoms with Gasteiger partial charge in [-0.15, -0.1) is 0 Å². The molecule has 0 aliphatic carbocycles. The average molecular weight is 439 g/mol. The first kappa shape index (κ1) is 22.8. The summed E-state index contributed by atoms with van der Waals surface area (Å²) in [5.74, 6) is 1.18. The fraction of sp³-hybridized carbons (Fsp3) is 0.455. The molecule has 30 heavy (non-hydrogen) atoms. The van der Waals surface area contributed by atoms with E-state index in [-0.39, 0.29) is 0 Å². The molecule has 0 amide bonds. The Morgan fingerprint density at radius 2 is 1.83 bits per heavy atom. The number of aliphatic hydroxyl groups is 4. The Morgan fingerprint density at radius 1 is 1.13 bits per heavy atom. The molecule has 8 heteroatoms. The molecule has 4 N–H and O–H groups in total. The van der Waals surface area contributed by atoms with Crippen LogP contribution in [-0.2, 0) is 11.2 Å². The first-order valence-electron chi connectivity index (χ1n) is 9.78. The summed E-state index contributed by atoms with van der Waals surface area (Å²) in [7, 11) is 1.47. The molecule has 0 radical (unpaired) electrons. The van der Waals surface area contributed by atoms with Crippen LogP contribution in [0.3, 0.4) is 0 Å². The van der Waals surface area contributed by atoms with Crippen LogP contribution in [0.15, 0.2) is 36.4 Å². The lowest BCUT2D eigenvalue weighted by Crippen LogP contribution is -2.40. The normalized spacial score (nSPS) is 24.6. The number of hydrogen-bond donors (Lipinski definition) is 4. The zero-order valence-corrected chi connectivity index (χ0v) is 17.6. The van der Waals surface area contributed by atoms with Crippen LogP contribution in [0.4, 0.5) is 0 Å². The van der Waals surface area contributed by atoms with Gasteiger partial charge in [-0.05, 0) is 48.7 Å². The van der Waals surface area contributed by atoms with Crippen LogP contribution in [0.1, 0.15) is 29.7 Å². The molecule has 1 aliphatic rings. The SMILES string of the molecule is CCOc1ccc(Cc2cc([C@@H]3O[C@H]([C@H](O)CO)[C@H](O)[C@H]3O)c(OC)cc2Cl)cc1. The highest BCUT2D eigenvalue weighted by Gasteiger charge is 2.47. The van der Waals surface area contributed by atoms with Crippen molar-refractivity contribution in [3.63, 3.8) is 0 Å². The fourth-order valence-electron chi connectivity index (χ4n) is 3.63. The lowest BCUT2D eigenvalue weighted by atomic mass is 9.95. The zero-order valence-electron chi connectivity index (χ0n) is 16.9. The van der Waals surface area contributed by atoms with E-state index in [2.05, 4.69) is 0 Å². The fourth-order valence-corrected chi connectivity index (χ4v) is 3.85. The molecule has 0 bridgehead atoms. The van der Waals surface area contributed by atoms with Gasteiger partial charge in [-0.25, -0.2) is 0 Å². The minimum atomic E-state index is -1.35. The van der Waals surface area contributed by atoms with E-state index in [1.807, 2.05) is 31.2 Å². The summed E-state index contributed by atoms with van der Waals surface area (Å²) in [6.45, 7) is 1.92. The summed E-state index contributed by atoms with van der Waals surface area (Å²) < 4.78 is 16.6. The Labute approximate surface area is 180 Å². The van der Waals surface area contributed by atoms with Gasteiger partial charge in [0.05, 0.1) is 20.3 Å². The summed E-state index contributed by atoms with van der Waals surface area (Å²) in [5, 5.41) is 40.3. The van der Waals surface area contributed by atoms with Gasteiger partial charge in [-0.3, -0.25) is 0 Å². The first-order valence-corrected chi connectivity index (χ1v) is 10.2. The van der Waals surface area contributed by atoms with Gasteiger partial charge in [0, 0.05) is 10.6 Å². The van der Waals surface area contributed by atoms with Gasteiger partial charge in [0.15, 0.2) is 0 Å². The molecule has 5 atom stereocenters. The van der Waals surface area contributed by atoms with Crippen LogP contribution in [0, 0.1) is 0 Å². The highest BCUT2D eigenvalue weighted by atomic mass is 35.5. The summed E-state index contributed by atoms with van der Waals surface area (Å²) >= 11 is 6.45. The van der Waals surface area contributed by atoms with Crippen molar-refractivity contribution in [2.45, 2.75) is 43.9 Å². The number of aliphatic hydroxyl groups excluding tert-OH is 4. The molecule has 164 valence electrons. The molecule has 0 saturated carbocycles. The van der Waals surface area contributed by atoms with Crippen molar-refractivity contribution in [3.8, 4) is 11.5 Å². The molecule has 0 aromatic heterocycles. The number of benzene rings is 2. The molecule has 1 heterocycles. The van der Waals surface area contributed by atoms with Crippen molar-refractivity contribution < 1.29 is 34.6 Å². The maximum absolute atomic E-state index is 10.5. The molecule has 2 aromatic carbocycles. The lowest BCUT2D eigenvalue weighted by Gasteiger charge is -2.21. The molecule has 3 rings (SSSR count). The van der Waals surface area contributed by atoms with E-state index in [9.17, 15) is 20.4 Å². The second kappa shape index (κ2) is 9.96. The quantitative estimate of drug-likeness (QED) is 0.498. The lowest BCUT2D eigenvalue weighted by molar-refractivity contribution is -0.0823. The Balaban J connectivity index is 1.90. The number of halogens is 1. The summed E-state index contributed by atoms with van der Waals surface area (Å²) in [6, 6.07) is 11.1. The van der Waals surface area contributed by atoms with Crippen molar-refractivity contribution in [1.82, 2.24) is 0 Å². The predicted octanol–water partition coefficient (Wildman–Crippen LogP) is 1.85. The van der Waals surface area contributed by atoms with Gasteiger partial charge in [-0.2, -0.15) is 0 Å². The highest BCUT2D eigenvalue weighted by Crippen LogP contribution is 2.41. The topological polar surface area (TPSA) is 109 Å². The number of methoxy groups -OCH3 is 1. The number of rotatable bonds is 8. The maximum Gasteiger partial charge on any atom is 0.126 e. The number of hydrogen-bond acceptors (Lipinski definition) is 7. The molecule has 2 aromatic rings. The molecule has 1 fully saturated rings. The monoisotopic (exact) mass is 438 g/mol. The van der Waals surface area contributed by atoms with Gasteiger partial charge < -0.3 is 34.6 Å². The second-order valence-electron chi connectivity index (χ2n) is 7.19. The van der Waals surface area contributed by atoms with E-state index in [0.717, 1.165) is 16.9 Å². The Bertz CT molecular complexity index is 842. The van der Waals surface area contributed by atoms with Crippen LogP contribution in [-0.4, -0.2) is 65.2 Å². The van der Waals surface area contributed by atoms with Crippen LogP contribution in [0.2, 0.25) is 5.02 Å². The third kappa shape index (κ3) is 4.72. The minimum absolute atomic E-state index is 0.394. The first-order chi connectivity index (χ1) is 14.4. The molecule has 1 saturated heterocycles. The van der Waals surface area contributed by atoms with Crippen molar-refractivity contribution in [1.29, 1.82) is 0 Å². The smallest absolute Gasteiger partial charge is 0.126 e. The average Bonchev–Trinajstić information content (AvgIpc) is 3.05. The van der Waals surface area contributed by atoms with Crippen molar-refractivity contribution in [3.05, 3.63) is 58.1 Å². The predicted molar refractivity (Wildman–Crippen MR) is 111 cm³/mol. The molecule has 1 aliphatic heterocycles. The standard InChI is InChI=1S/C22H27ClO7/c1-3-29-14-6-4-12(5-7-14)8-13-9-15(18(28-2)10-16(13)23)21-19(26)20(27)22(30-21)17(25)11-24/h4-7,9-10,17,19-22,24-27H,3,8,11H2,1-2H3/t17-,19-,20-,21+,22-/m1/s1. The van der Waals surface area contributed by atoms with Gasteiger partial charge in [0.2, 0.25) is 0 Å². The Hall–Kier alpha value is -1.87. The van der Waals surface area contributed by atoms with Gasteiger partial charge in [0.25, 0.3) is 0 Å². The molecule has 7 nitrogen and oxygen atoms in total. The maximum atomic E-state index is 10.5. The van der Waals surface area contributed by atoms with Gasteiger partial charge in [-0.1, -0.05) is 23.7 Å². The molecule has 0 unspecified atom stereocenters.